The first-order chi connectivity index (χ1) is 13.9. The average molecular weight is 479 g/mol. The van der Waals surface area contributed by atoms with Crippen molar-refractivity contribution in [3.63, 3.8) is 0 Å². The number of rotatable bonds is 6. The number of nitrogens with zero attached hydrogens (tertiary/aromatic N) is 2. The highest BCUT2D eigenvalue weighted by molar-refractivity contribution is 9.10. The van der Waals surface area contributed by atoms with Crippen LogP contribution in [-0.4, -0.2) is 40.2 Å². The second kappa shape index (κ2) is 9.23. The van der Waals surface area contributed by atoms with Gasteiger partial charge in [0, 0.05) is 16.6 Å². The number of aliphatic imine (C=N–C) groups is 1. The number of carboxylic acid groups (broad SMARTS) is 1. The Bertz CT molecular complexity index is 1010. The number of benzene rings is 2. The van der Waals surface area contributed by atoms with E-state index in [1.54, 1.807) is 24.3 Å². The fraction of sp³-hybridized carbons (Fsp3) is 0.150. The quantitative estimate of drug-likeness (QED) is 0.609. The third-order valence-corrected chi connectivity index (χ3v) is 5.37. The Morgan fingerprint density at radius 1 is 1.31 bits per heavy atom. The maximum atomic E-state index is 13.1. The van der Waals surface area contributed by atoms with Gasteiger partial charge in [0.05, 0.1) is 10.6 Å². The fourth-order valence-electron chi connectivity index (χ4n) is 2.54. The minimum absolute atomic E-state index is 0.220. The summed E-state index contributed by atoms with van der Waals surface area (Å²) < 4.78 is 19.2. The lowest BCUT2D eigenvalue weighted by Gasteiger charge is -2.12. The number of likely N-dealkylation sites (N-methyl/N-ethyl adjacent to an activating group) is 1. The molecule has 0 aliphatic carbocycles. The zero-order valence-electron chi connectivity index (χ0n) is 15.3. The molecule has 1 aliphatic heterocycles. The molecule has 1 N–H and O–H groups in total. The fourth-order valence-corrected chi connectivity index (χ4v) is 3.97. The molecule has 0 unspecified atom stereocenters. The Kier molecular flexibility index (Phi) is 6.71. The van der Waals surface area contributed by atoms with Crippen LogP contribution in [0.15, 0.2) is 56.8 Å². The van der Waals surface area contributed by atoms with Crippen molar-refractivity contribution < 1.29 is 23.8 Å². The smallest absolute Gasteiger partial charge is 0.341 e. The molecule has 1 aliphatic rings. The van der Waals surface area contributed by atoms with Crippen LogP contribution < -0.4 is 4.74 Å². The van der Waals surface area contributed by atoms with E-state index in [-0.39, 0.29) is 11.7 Å². The highest BCUT2D eigenvalue weighted by atomic mass is 79.9. The molecule has 0 spiro atoms. The monoisotopic (exact) mass is 478 g/mol. The molecule has 0 bridgehead atoms. The second-order valence-electron chi connectivity index (χ2n) is 5.90. The molecule has 29 heavy (non-hydrogen) atoms. The first-order valence-electron chi connectivity index (χ1n) is 8.57. The van der Waals surface area contributed by atoms with Gasteiger partial charge in [-0.15, -0.1) is 0 Å². The standard InChI is InChI=1S/C20H16BrFN2O4S/c1-2-24-19(27)17(29-20(24)23-15-6-4-14(22)5-7-15)10-12-9-13(21)3-8-16(12)28-11-18(25)26/h3-10H,2,11H2,1H3,(H,25,26)/b17-10-,23-20?. The molecule has 1 heterocycles. The lowest BCUT2D eigenvalue weighted by Crippen LogP contribution is -2.28. The minimum Gasteiger partial charge on any atom is -0.481 e. The number of carbonyl (C=O) groups excluding carboxylic acids is 1. The average Bonchev–Trinajstić information content (AvgIpc) is 2.97. The number of hydrogen-bond donors (Lipinski definition) is 1. The van der Waals surface area contributed by atoms with Crippen molar-refractivity contribution in [3.05, 3.63) is 63.2 Å². The largest absolute Gasteiger partial charge is 0.481 e. The molecular weight excluding hydrogens is 463 g/mol. The van der Waals surface area contributed by atoms with Gasteiger partial charge in [-0.05, 0) is 67.2 Å². The van der Waals surface area contributed by atoms with Crippen LogP contribution in [0.2, 0.25) is 0 Å². The van der Waals surface area contributed by atoms with E-state index in [4.69, 9.17) is 9.84 Å². The number of amidine groups is 1. The van der Waals surface area contributed by atoms with Crippen molar-refractivity contribution in [2.24, 2.45) is 4.99 Å². The van der Waals surface area contributed by atoms with Crippen LogP contribution in [0, 0.1) is 5.82 Å². The first kappa shape index (κ1) is 21.1. The molecule has 0 radical (unpaired) electrons. The van der Waals surface area contributed by atoms with Gasteiger partial charge in [-0.2, -0.15) is 0 Å². The summed E-state index contributed by atoms with van der Waals surface area (Å²) in [5, 5.41) is 9.34. The lowest BCUT2D eigenvalue weighted by molar-refractivity contribution is -0.139. The number of thioether (sulfide) groups is 1. The Hall–Kier alpha value is -2.65. The summed E-state index contributed by atoms with van der Waals surface area (Å²) in [7, 11) is 0. The van der Waals surface area contributed by atoms with Crippen LogP contribution in [0.3, 0.4) is 0 Å². The number of ether oxygens (including phenoxy) is 1. The number of carboxylic acids is 1. The molecule has 0 saturated carbocycles. The van der Waals surface area contributed by atoms with Gasteiger partial charge in [0.1, 0.15) is 11.6 Å². The number of carbonyl (C=O) groups is 2. The van der Waals surface area contributed by atoms with Crippen molar-refractivity contribution in [1.29, 1.82) is 0 Å². The predicted octanol–water partition coefficient (Wildman–Crippen LogP) is 4.68. The number of aliphatic carboxylic acids is 1. The number of halogens is 2. The van der Waals surface area contributed by atoms with Gasteiger partial charge in [0.15, 0.2) is 11.8 Å². The Morgan fingerprint density at radius 2 is 2.03 bits per heavy atom. The molecule has 0 atom stereocenters. The maximum absolute atomic E-state index is 13.1. The van der Waals surface area contributed by atoms with Crippen molar-refractivity contribution in [3.8, 4) is 5.75 Å². The van der Waals surface area contributed by atoms with E-state index < -0.39 is 12.6 Å². The molecule has 1 fully saturated rings. The molecule has 0 aromatic heterocycles. The Morgan fingerprint density at radius 3 is 2.69 bits per heavy atom. The van der Waals surface area contributed by atoms with E-state index in [1.807, 2.05) is 6.92 Å². The lowest BCUT2D eigenvalue weighted by atomic mass is 10.2. The maximum Gasteiger partial charge on any atom is 0.341 e. The summed E-state index contributed by atoms with van der Waals surface area (Å²) in [4.78, 5) is 30.0. The van der Waals surface area contributed by atoms with E-state index in [2.05, 4.69) is 20.9 Å². The SMILES string of the molecule is CCN1C(=O)/C(=C/c2cc(Br)ccc2OCC(=O)O)SC1=Nc1ccc(F)cc1. The summed E-state index contributed by atoms with van der Waals surface area (Å²) in [6.07, 6.45) is 1.64. The van der Waals surface area contributed by atoms with Crippen LogP contribution in [-0.2, 0) is 9.59 Å². The van der Waals surface area contributed by atoms with E-state index in [9.17, 15) is 14.0 Å². The zero-order valence-corrected chi connectivity index (χ0v) is 17.7. The van der Waals surface area contributed by atoms with E-state index in [0.29, 0.717) is 33.6 Å². The third-order valence-electron chi connectivity index (χ3n) is 3.87. The molecule has 2 aromatic carbocycles. The number of amides is 1. The topological polar surface area (TPSA) is 79.2 Å². The van der Waals surface area contributed by atoms with Gasteiger partial charge in [-0.3, -0.25) is 9.69 Å². The molecule has 1 amide bonds. The Labute approximate surface area is 179 Å². The highest BCUT2D eigenvalue weighted by Gasteiger charge is 2.32. The zero-order chi connectivity index (χ0) is 21.0. The van der Waals surface area contributed by atoms with Gasteiger partial charge in [-0.1, -0.05) is 15.9 Å². The normalized spacial score (nSPS) is 16.7. The van der Waals surface area contributed by atoms with Gasteiger partial charge in [-0.25, -0.2) is 14.2 Å². The second-order valence-corrected chi connectivity index (χ2v) is 7.82. The van der Waals surface area contributed by atoms with Crippen LogP contribution in [0.1, 0.15) is 12.5 Å². The predicted molar refractivity (Wildman–Crippen MR) is 114 cm³/mol. The molecule has 6 nitrogen and oxygen atoms in total. The van der Waals surface area contributed by atoms with Gasteiger partial charge < -0.3 is 9.84 Å². The highest BCUT2D eigenvalue weighted by Crippen LogP contribution is 2.36. The van der Waals surface area contributed by atoms with Gasteiger partial charge >= 0.3 is 5.97 Å². The van der Waals surface area contributed by atoms with Crippen LogP contribution >= 0.6 is 27.7 Å². The molecule has 3 rings (SSSR count). The summed E-state index contributed by atoms with van der Waals surface area (Å²) >= 11 is 4.56. The molecule has 2 aromatic rings. The number of hydrogen-bond acceptors (Lipinski definition) is 5. The molecular formula is C20H16BrFN2O4S. The summed E-state index contributed by atoms with van der Waals surface area (Å²) in [5.74, 6) is -1.32. The first-order valence-corrected chi connectivity index (χ1v) is 10.2. The summed E-state index contributed by atoms with van der Waals surface area (Å²) in [6.45, 7) is 1.77. The molecule has 9 heteroatoms. The Balaban J connectivity index is 1.94. The van der Waals surface area contributed by atoms with Crippen LogP contribution in [0.5, 0.6) is 5.75 Å². The summed E-state index contributed by atoms with van der Waals surface area (Å²) in [6, 6.07) is 10.8. The van der Waals surface area contributed by atoms with Crippen molar-refractivity contribution in [1.82, 2.24) is 4.90 Å². The van der Waals surface area contributed by atoms with Crippen LogP contribution in [0.4, 0.5) is 10.1 Å². The summed E-state index contributed by atoms with van der Waals surface area (Å²) in [5.41, 5.74) is 1.10. The molecule has 1 saturated heterocycles. The van der Waals surface area contributed by atoms with Crippen LogP contribution in [0.25, 0.3) is 6.08 Å². The minimum atomic E-state index is -1.09. The van der Waals surface area contributed by atoms with Crippen molar-refractivity contribution in [2.45, 2.75) is 6.92 Å². The van der Waals surface area contributed by atoms with E-state index >= 15 is 0 Å². The van der Waals surface area contributed by atoms with Gasteiger partial charge in [0.2, 0.25) is 0 Å². The van der Waals surface area contributed by atoms with E-state index in [1.165, 1.54) is 40.9 Å². The molecule has 150 valence electrons. The van der Waals surface area contributed by atoms with Crippen molar-refractivity contribution >= 4 is 56.5 Å². The third kappa shape index (κ3) is 5.24. The van der Waals surface area contributed by atoms with Gasteiger partial charge in [0.25, 0.3) is 5.91 Å². The van der Waals surface area contributed by atoms with E-state index in [0.717, 1.165) is 4.47 Å². The van der Waals surface area contributed by atoms with Crippen molar-refractivity contribution in [2.75, 3.05) is 13.2 Å².